The molecule has 0 saturated heterocycles. The summed E-state index contributed by atoms with van der Waals surface area (Å²) in [5, 5.41) is 4.66. The predicted octanol–water partition coefficient (Wildman–Crippen LogP) is 5.48. The van der Waals surface area contributed by atoms with Crippen LogP contribution in [0, 0.1) is 5.82 Å². The first kappa shape index (κ1) is 24.1. The second kappa shape index (κ2) is 10.1. The van der Waals surface area contributed by atoms with Crippen LogP contribution in [0.5, 0.6) is 11.5 Å². The van der Waals surface area contributed by atoms with Crippen molar-refractivity contribution in [2.75, 3.05) is 5.73 Å². The molecule has 0 atom stereocenters. The lowest BCUT2D eigenvalue weighted by Gasteiger charge is -2.13. The van der Waals surface area contributed by atoms with Gasteiger partial charge in [0.2, 0.25) is 5.43 Å². The summed E-state index contributed by atoms with van der Waals surface area (Å²) in [7, 11) is 0. The van der Waals surface area contributed by atoms with Gasteiger partial charge in [0.05, 0.1) is 23.9 Å². The average molecular weight is 493 g/mol. The van der Waals surface area contributed by atoms with Gasteiger partial charge in [-0.15, -0.1) is 0 Å². The van der Waals surface area contributed by atoms with Gasteiger partial charge in [0.1, 0.15) is 28.0 Å². The van der Waals surface area contributed by atoms with Gasteiger partial charge in [-0.05, 0) is 62.4 Å². The lowest BCUT2D eigenvalue weighted by atomic mass is 10.0. The van der Waals surface area contributed by atoms with E-state index in [1.165, 1.54) is 36.7 Å². The molecule has 0 aliphatic rings. The van der Waals surface area contributed by atoms with Crippen molar-refractivity contribution in [3.63, 3.8) is 0 Å². The number of Topliss-reactive ketones (excluding diaryl/α,β-unsaturated/α-hetero) is 1. The summed E-state index contributed by atoms with van der Waals surface area (Å²) in [6.45, 7) is 3.76. The number of pyridine rings is 1. The van der Waals surface area contributed by atoms with Crippen molar-refractivity contribution in [3.05, 3.63) is 99.3 Å². The molecule has 0 unspecified atom stereocenters. The number of nitrogens with two attached hydrogens (primary N) is 1. The first-order valence-corrected chi connectivity index (χ1v) is 11.2. The first-order valence-electron chi connectivity index (χ1n) is 10.8. The van der Waals surface area contributed by atoms with Gasteiger partial charge in [-0.2, -0.15) is 5.10 Å². The van der Waals surface area contributed by atoms with Crippen molar-refractivity contribution in [2.24, 2.45) is 0 Å². The van der Waals surface area contributed by atoms with Gasteiger partial charge in [-0.1, -0.05) is 17.7 Å². The third kappa shape index (κ3) is 5.38. The van der Waals surface area contributed by atoms with Gasteiger partial charge < -0.3 is 10.5 Å². The summed E-state index contributed by atoms with van der Waals surface area (Å²) in [5.41, 5.74) is 6.62. The average Bonchev–Trinajstić information content (AvgIpc) is 2.84. The van der Waals surface area contributed by atoms with Crippen molar-refractivity contribution in [1.29, 1.82) is 0 Å². The van der Waals surface area contributed by atoms with Gasteiger partial charge in [-0.3, -0.25) is 19.3 Å². The maximum Gasteiger partial charge on any atom is 0.218 e. The zero-order valence-corrected chi connectivity index (χ0v) is 19.8. The molecular formula is C26H22ClFN4O3. The fraction of sp³-hybridized carbons (Fsp3) is 0.154. The molecule has 178 valence electrons. The fourth-order valence-electron chi connectivity index (χ4n) is 3.34. The number of carbonyl (C=O) groups is 1. The normalized spacial score (nSPS) is 11.0. The predicted molar refractivity (Wildman–Crippen MR) is 132 cm³/mol. The first-order chi connectivity index (χ1) is 16.7. The molecule has 35 heavy (non-hydrogen) atoms. The van der Waals surface area contributed by atoms with E-state index in [0.717, 1.165) is 0 Å². The summed E-state index contributed by atoms with van der Waals surface area (Å²) in [4.78, 5) is 30.5. The Labute approximate surface area is 206 Å². The Hall–Kier alpha value is -4.04. The zero-order chi connectivity index (χ0) is 25.1. The van der Waals surface area contributed by atoms with Crippen LogP contribution in [0.2, 0.25) is 5.02 Å². The van der Waals surface area contributed by atoms with Crippen LogP contribution in [0.4, 0.5) is 10.1 Å². The molecule has 2 aromatic heterocycles. The summed E-state index contributed by atoms with van der Waals surface area (Å²) in [5.74, 6) is -0.0353. The molecule has 2 N–H and O–H groups in total. The minimum Gasteiger partial charge on any atom is -0.454 e. The highest BCUT2D eigenvalue weighted by molar-refractivity contribution is 6.34. The number of halogens is 2. The van der Waals surface area contributed by atoms with E-state index in [0.29, 0.717) is 33.5 Å². The Bertz CT molecular complexity index is 1430. The smallest absolute Gasteiger partial charge is 0.218 e. The van der Waals surface area contributed by atoms with E-state index in [1.807, 2.05) is 13.8 Å². The number of ether oxygens (including phenoxy) is 1. The number of aromatic nitrogens is 3. The molecule has 0 saturated carbocycles. The van der Waals surface area contributed by atoms with E-state index in [2.05, 4.69) is 10.1 Å². The van der Waals surface area contributed by atoms with Crippen LogP contribution in [-0.4, -0.2) is 20.5 Å². The number of hydrogen-bond acceptors (Lipinski definition) is 6. The largest absolute Gasteiger partial charge is 0.454 e. The Balaban J connectivity index is 1.59. The fourth-order valence-corrected chi connectivity index (χ4v) is 3.50. The number of nitrogens with zero attached hydrogens (tertiary/aromatic N) is 3. The van der Waals surface area contributed by atoms with E-state index < -0.39 is 17.0 Å². The molecule has 9 heteroatoms. The Morgan fingerprint density at radius 2 is 1.89 bits per heavy atom. The number of rotatable bonds is 7. The van der Waals surface area contributed by atoms with Gasteiger partial charge in [-0.25, -0.2) is 4.39 Å². The molecular weight excluding hydrogens is 471 g/mol. The highest BCUT2D eigenvalue weighted by Crippen LogP contribution is 2.33. The van der Waals surface area contributed by atoms with Gasteiger partial charge in [0, 0.05) is 23.5 Å². The standard InChI is InChI=1S/C26H22ClFN4O3/c1-15(2)32-14-20(26(34)25(31-32)16-6-8-17(28)9-7-16)22(33)12-18-10-11-19(13-30-18)35-23-5-3-4-21(29)24(23)27/h3-11,13-15H,12,29H2,1-2H3. The molecule has 0 amide bonds. The molecule has 4 rings (SSSR count). The molecule has 0 bridgehead atoms. The van der Waals surface area contributed by atoms with E-state index in [4.69, 9.17) is 22.1 Å². The van der Waals surface area contributed by atoms with Crippen molar-refractivity contribution >= 4 is 23.1 Å². The Morgan fingerprint density at radius 3 is 2.54 bits per heavy atom. The number of nitrogen functional groups attached to an aromatic ring is 1. The van der Waals surface area contributed by atoms with E-state index in [9.17, 15) is 14.0 Å². The monoisotopic (exact) mass is 492 g/mol. The number of carbonyl (C=O) groups excluding carboxylic acids is 1. The molecule has 0 fully saturated rings. The van der Waals surface area contributed by atoms with Crippen molar-refractivity contribution < 1.29 is 13.9 Å². The summed E-state index contributed by atoms with van der Waals surface area (Å²) in [6.07, 6.45) is 2.81. The Morgan fingerprint density at radius 1 is 1.14 bits per heavy atom. The number of hydrogen-bond donors (Lipinski definition) is 1. The van der Waals surface area contributed by atoms with Crippen LogP contribution >= 0.6 is 11.6 Å². The summed E-state index contributed by atoms with van der Waals surface area (Å²) < 4.78 is 20.6. The quantitative estimate of drug-likeness (QED) is 0.271. The van der Waals surface area contributed by atoms with Crippen LogP contribution in [-0.2, 0) is 6.42 Å². The third-order valence-corrected chi connectivity index (χ3v) is 5.65. The lowest BCUT2D eigenvalue weighted by Crippen LogP contribution is -2.24. The van der Waals surface area contributed by atoms with Crippen molar-refractivity contribution in [2.45, 2.75) is 26.3 Å². The summed E-state index contributed by atoms with van der Waals surface area (Å²) in [6, 6.07) is 13.7. The van der Waals surface area contributed by atoms with Gasteiger partial charge in [0.25, 0.3) is 0 Å². The number of anilines is 1. The van der Waals surface area contributed by atoms with Gasteiger partial charge in [0.15, 0.2) is 5.78 Å². The highest BCUT2D eigenvalue weighted by atomic mass is 35.5. The van der Waals surface area contributed by atoms with E-state index in [1.54, 1.807) is 35.0 Å². The van der Waals surface area contributed by atoms with E-state index >= 15 is 0 Å². The molecule has 2 heterocycles. The SMILES string of the molecule is CC(C)n1cc(C(=O)Cc2ccc(Oc3cccc(N)c3Cl)cn2)c(=O)c(-c2ccc(F)cc2)n1. The summed E-state index contributed by atoms with van der Waals surface area (Å²) >= 11 is 6.16. The Kier molecular flexibility index (Phi) is 6.93. The number of benzene rings is 2. The topological polar surface area (TPSA) is 100 Å². The molecule has 0 aliphatic heterocycles. The lowest BCUT2D eigenvalue weighted by molar-refractivity contribution is 0.0989. The highest BCUT2D eigenvalue weighted by Gasteiger charge is 2.19. The van der Waals surface area contributed by atoms with E-state index in [-0.39, 0.29) is 23.7 Å². The van der Waals surface area contributed by atoms with Crippen LogP contribution in [0.15, 0.2) is 71.8 Å². The van der Waals surface area contributed by atoms with Gasteiger partial charge >= 0.3 is 0 Å². The second-order valence-electron chi connectivity index (χ2n) is 8.15. The van der Waals surface area contributed by atoms with Crippen LogP contribution in [0.1, 0.15) is 35.9 Å². The molecule has 4 aromatic rings. The second-order valence-corrected chi connectivity index (χ2v) is 8.53. The molecule has 7 nitrogen and oxygen atoms in total. The van der Waals surface area contributed by atoms with Crippen LogP contribution in [0.3, 0.4) is 0 Å². The zero-order valence-electron chi connectivity index (χ0n) is 19.0. The third-order valence-electron chi connectivity index (χ3n) is 5.24. The van der Waals surface area contributed by atoms with Crippen LogP contribution in [0.25, 0.3) is 11.3 Å². The van der Waals surface area contributed by atoms with Crippen molar-refractivity contribution in [1.82, 2.24) is 14.8 Å². The molecule has 0 aliphatic carbocycles. The maximum absolute atomic E-state index is 13.4. The minimum absolute atomic E-state index is 0.0123. The van der Waals surface area contributed by atoms with Crippen LogP contribution < -0.4 is 15.9 Å². The molecule has 0 radical (unpaired) electrons. The maximum atomic E-state index is 13.4. The van der Waals surface area contributed by atoms with Crippen molar-refractivity contribution in [3.8, 4) is 22.8 Å². The minimum atomic E-state index is -0.519. The molecule has 2 aromatic carbocycles. The number of ketones is 1. The molecule has 0 spiro atoms.